The van der Waals surface area contributed by atoms with Gasteiger partial charge in [0.1, 0.15) is 53.9 Å². The van der Waals surface area contributed by atoms with Crippen LogP contribution in [0.4, 0.5) is 0 Å². The van der Waals surface area contributed by atoms with Crippen LogP contribution in [0.25, 0.3) is 0 Å². The fourth-order valence-electron chi connectivity index (χ4n) is 4.15. The van der Waals surface area contributed by atoms with E-state index in [9.17, 15) is 46.0 Å². The molecule has 32 heavy (non-hydrogen) atoms. The highest BCUT2D eigenvalue weighted by Gasteiger charge is 2.46. The standard InChI is InChI=1S/C21H24O11/c22-6-14-17(28)18(29)19(30)21(32-14)15-11(25)5-13-8(16(15)27)4-12(26)20(31-13)7-1-2-9(23)10(24)3-7/h1-3,5,12,14,17-30H,4,6H2/t12-,14+,17+,18-,19-,20-,21-/m0/s1. The van der Waals surface area contributed by atoms with Gasteiger partial charge in [-0.25, -0.2) is 0 Å². The minimum Gasteiger partial charge on any atom is -0.507 e. The van der Waals surface area contributed by atoms with Crippen molar-refractivity contribution in [3.63, 3.8) is 0 Å². The molecule has 1 fully saturated rings. The topological polar surface area (TPSA) is 201 Å². The van der Waals surface area contributed by atoms with Gasteiger partial charge in [0.15, 0.2) is 11.5 Å². The number of aliphatic hydroxyl groups is 5. The maximum absolute atomic E-state index is 10.8. The lowest BCUT2D eigenvalue weighted by atomic mass is 9.87. The summed E-state index contributed by atoms with van der Waals surface area (Å²) in [6.45, 7) is -0.684. The lowest BCUT2D eigenvalue weighted by molar-refractivity contribution is -0.232. The van der Waals surface area contributed by atoms with Crippen LogP contribution >= 0.6 is 0 Å². The smallest absolute Gasteiger partial charge is 0.157 e. The van der Waals surface area contributed by atoms with Gasteiger partial charge in [0.25, 0.3) is 0 Å². The fourth-order valence-corrected chi connectivity index (χ4v) is 4.15. The van der Waals surface area contributed by atoms with E-state index in [2.05, 4.69) is 0 Å². The summed E-state index contributed by atoms with van der Waals surface area (Å²) in [5.74, 6) is -1.83. The number of aromatic hydroxyl groups is 4. The Hall–Kier alpha value is -2.80. The molecular formula is C21H24O11. The van der Waals surface area contributed by atoms with Crippen molar-refractivity contribution in [2.24, 2.45) is 0 Å². The average molecular weight is 452 g/mol. The molecule has 174 valence electrons. The summed E-state index contributed by atoms with van der Waals surface area (Å²) >= 11 is 0. The molecule has 0 saturated carbocycles. The van der Waals surface area contributed by atoms with Gasteiger partial charge in [-0.2, -0.15) is 0 Å². The van der Waals surface area contributed by atoms with Gasteiger partial charge in [0, 0.05) is 18.1 Å². The second-order valence-corrected chi connectivity index (χ2v) is 7.94. The molecule has 0 amide bonds. The van der Waals surface area contributed by atoms with Gasteiger partial charge in [-0.1, -0.05) is 6.07 Å². The molecule has 7 atom stereocenters. The van der Waals surface area contributed by atoms with Gasteiger partial charge in [-0.3, -0.25) is 0 Å². The van der Waals surface area contributed by atoms with Crippen LogP contribution in [0.2, 0.25) is 0 Å². The van der Waals surface area contributed by atoms with E-state index in [1.54, 1.807) is 0 Å². The van der Waals surface area contributed by atoms with Crippen molar-refractivity contribution in [1.82, 2.24) is 0 Å². The number of fused-ring (bicyclic) bond motifs is 1. The van der Waals surface area contributed by atoms with Gasteiger partial charge < -0.3 is 55.4 Å². The van der Waals surface area contributed by atoms with E-state index in [0.717, 1.165) is 6.07 Å². The quantitative estimate of drug-likeness (QED) is 0.260. The summed E-state index contributed by atoms with van der Waals surface area (Å²) in [5.41, 5.74) is 0.147. The van der Waals surface area contributed by atoms with Crippen LogP contribution in [-0.4, -0.2) is 83.1 Å². The summed E-state index contributed by atoms with van der Waals surface area (Å²) in [4.78, 5) is 0. The van der Waals surface area contributed by atoms with Crippen molar-refractivity contribution in [3.05, 3.63) is 41.0 Å². The predicted octanol–water partition coefficient (Wildman–Crippen LogP) is -0.939. The highest BCUT2D eigenvalue weighted by atomic mass is 16.5. The van der Waals surface area contributed by atoms with Gasteiger partial charge >= 0.3 is 0 Å². The van der Waals surface area contributed by atoms with E-state index in [1.807, 2.05) is 0 Å². The third kappa shape index (κ3) is 3.58. The summed E-state index contributed by atoms with van der Waals surface area (Å²) in [7, 11) is 0. The zero-order chi connectivity index (χ0) is 23.3. The van der Waals surface area contributed by atoms with Gasteiger partial charge in [-0.15, -0.1) is 0 Å². The molecule has 0 aromatic heterocycles. The van der Waals surface area contributed by atoms with Crippen LogP contribution in [-0.2, 0) is 11.2 Å². The van der Waals surface area contributed by atoms with Gasteiger partial charge in [0.2, 0.25) is 0 Å². The van der Waals surface area contributed by atoms with E-state index >= 15 is 0 Å². The van der Waals surface area contributed by atoms with E-state index in [-0.39, 0.29) is 29.0 Å². The second kappa shape index (κ2) is 8.28. The highest BCUT2D eigenvalue weighted by molar-refractivity contribution is 5.59. The molecule has 2 aromatic rings. The molecule has 0 unspecified atom stereocenters. The minimum absolute atomic E-state index is 0.0243. The Balaban J connectivity index is 1.70. The Bertz CT molecular complexity index is 1010. The molecule has 0 radical (unpaired) electrons. The molecule has 9 N–H and O–H groups in total. The monoisotopic (exact) mass is 452 g/mol. The van der Waals surface area contributed by atoms with Crippen molar-refractivity contribution < 1.29 is 55.4 Å². The molecule has 1 saturated heterocycles. The summed E-state index contributed by atoms with van der Waals surface area (Å²) < 4.78 is 11.2. The molecule has 2 aliphatic rings. The van der Waals surface area contributed by atoms with Gasteiger partial charge in [-0.05, 0) is 17.7 Å². The highest BCUT2D eigenvalue weighted by Crippen LogP contribution is 2.49. The Morgan fingerprint density at radius 3 is 2.19 bits per heavy atom. The Morgan fingerprint density at radius 1 is 0.812 bits per heavy atom. The zero-order valence-corrected chi connectivity index (χ0v) is 16.6. The third-order valence-corrected chi connectivity index (χ3v) is 5.90. The molecule has 11 nitrogen and oxygen atoms in total. The van der Waals surface area contributed by atoms with E-state index in [1.165, 1.54) is 18.2 Å². The molecule has 0 bridgehead atoms. The number of phenolic OH excluding ortho intramolecular Hbond substituents is 4. The largest absolute Gasteiger partial charge is 0.507 e. The normalized spacial score (nSPS) is 32.2. The van der Waals surface area contributed by atoms with Crippen molar-refractivity contribution in [2.75, 3.05) is 6.61 Å². The maximum Gasteiger partial charge on any atom is 0.157 e. The number of rotatable bonds is 3. The summed E-state index contributed by atoms with van der Waals surface area (Å²) in [6.07, 6.45) is -10.1. The molecule has 4 rings (SSSR count). The van der Waals surface area contributed by atoms with Crippen LogP contribution in [0.15, 0.2) is 24.3 Å². The van der Waals surface area contributed by atoms with Gasteiger partial charge in [0.05, 0.1) is 18.3 Å². The molecule has 0 spiro atoms. The first-order chi connectivity index (χ1) is 15.1. The van der Waals surface area contributed by atoms with Crippen LogP contribution in [0.1, 0.15) is 28.9 Å². The fraction of sp³-hybridized carbons (Fsp3) is 0.429. The predicted molar refractivity (Wildman–Crippen MR) is 105 cm³/mol. The third-order valence-electron chi connectivity index (χ3n) is 5.90. The number of phenols is 4. The van der Waals surface area contributed by atoms with E-state index in [4.69, 9.17) is 9.47 Å². The summed E-state index contributed by atoms with van der Waals surface area (Å²) in [5, 5.41) is 90.9. The van der Waals surface area contributed by atoms with Crippen molar-refractivity contribution >= 4 is 0 Å². The first-order valence-corrected chi connectivity index (χ1v) is 9.88. The molecule has 2 heterocycles. The Labute approximate surface area is 181 Å². The Morgan fingerprint density at radius 2 is 1.53 bits per heavy atom. The van der Waals surface area contributed by atoms with E-state index in [0.29, 0.717) is 5.56 Å². The zero-order valence-electron chi connectivity index (χ0n) is 16.6. The number of aliphatic hydroxyl groups excluding tert-OH is 5. The lowest BCUT2D eigenvalue weighted by Gasteiger charge is -2.41. The number of hydrogen-bond acceptors (Lipinski definition) is 11. The first kappa shape index (κ1) is 22.4. The van der Waals surface area contributed by atoms with Crippen molar-refractivity contribution in [3.8, 4) is 28.7 Å². The SMILES string of the molecule is OC[C@H]1O[C@@H](c2c(O)cc3c(c2O)C[C@H](O)[C@H](c2ccc(O)c(O)c2)O3)[C@@H](O)[C@@H](O)[C@@H]1O. The second-order valence-electron chi connectivity index (χ2n) is 7.94. The van der Waals surface area contributed by atoms with Crippen molar-refractivity contribution in [2.45, 2.75) is 49.1 Å². The number of ether oxygens (including phenoxy) is 2. The maximum atomic E-state index is 10.8. The average Bonchev–Trinajstić information content (AvgIpc) is 2.76. The van der Waals surface area contributed by atoms with Crippen LogP contribution < -0.4 is 4.74 Å². The first-order valence-electron chi connectivity index (χ1n) is 9.88. The molecule has 2 aromatic carbocycles. The Kier molecular flexibility index (Phi) is 5.79. The molecule has 0 aliphatic carbocycles. The number of hydrogen-bond donors (Lipinski definition) is 9. The van der Waals surface area contributed by atoms with Crippen molar-refractivity contribution in [1.29, 1.82) is 0 Å². The van der Waals surface area contributed by atoms with Crippen LogP contribution in [0.3, 0.4) is 0 Å². The minimum atomic E-state index is -1.73. The summed E-state index contributed by atoms with van der Waals surface area (Å²) in [6, 6.07) is 5.03. The molecule has 2 aliphatic heterocycles. The van der Waals surface area contributed by atoms with Crippen LogP contribution in [0.5, 0.6) is 28.7 Å². The van der Waals surface area contributed by atoms with E-state index < -0.39 is 66.6 Å². The molecular weight excluding hydrogens is 428 g/mol. The lowest BCUT2D eigenvalue weighted by Crippen LogP contribution is -2.55. The number of benzene rings is 2. The van der Waals surface area contributed by atoms with Crippen LogP contribution in [0, 0.1) is 0 Å². The molecule has 11 heteroatoms.